The zero-order valence-electron chi connectivity index (χ0n) is 8.07. The van der Waals surface area contributed by atoms with Crippen molar-refractivity contribution in [3.05, 3.63) is 0 Å². The Morgan fingerprint density at radius 3 is 2.36 bits per heavy atom. The highest BCUT2D eigenvalue weighted by atomic mass is 14.9. The average Bonchev–Trinajstić information content (AvgIpc) is 1.83. The Hall–Kier alpha value is -0.480. The fraction of sp³-hybridized carbons (Fsp3) is 0.800. The monoisotopic (exact) mass is 153 g/mol. The zero-order chi connectivity index (χ0) is 8.91. The van der Waals surface area contributed by atoms with Gasteiger partial charge in [-0.2, -0.15) is 0 Å². The van der Waals surface area contributed by atoms with Crippen LogP contribution in [0, 0.1) is 17.8 Å². The van der Waals surface area contributed by atoms with E-state index in [9.17, 15) is 0 Å². The largest absolute Gasteiger partial charge is 0.313 e. The third kappa shape index (κ3) is 7.42. The lowest BCUT2D eigenvalue weighted by Gasteiger charge is -2.21. The summed E-state index contributed by atoms with van der Waals surface area (Å²) in [4.78, 5) is 0. The van der Waals surface area contributed by atoms with Crippen LogP contribution in [0.4, 0.5) is 0 Å². The van der Waals surface area contributed by atoms with Crippen LogP contribution >= 0.6 is 0 Å². The summed E-state index contributed by atoms with van der Waals surface area (Å²) in [6.45, 7) is 9.77. The van der Waals surface area contributed by atoms with E-state index in [1.54, 1.807) is 0 Å². The molecular formula is C10H19N. The molecule has 0 aromatic rings. The van der Waals surface area contributed by atoms with Crippen LogP contribution in [0.15, 0.2) is 0 Å². The molecule has 0 heterocycles. The molecule has 1 nitrogen and oxygen atoms in total. The lowest BCUT2D eigenvalue weighted by Crippen LogP contribution is -2.33. The highest BCUT2D eigenvalue weighted by Crippen LogP contribution is 2.10. The van der Waals surface area contributed by atoms with Gasteiger partial charge < -0.3 is 5.32 Å². The van der Waals surface area contributed by atoms with Gasteiger partial charge in [-0.25, -0.2) is 0 Å². The van der Waals surface area contributed by atoms with Crippen LogP contribution in [0.3, 0.4) is 0 Å². The fourth-order valence-electron chi connectivity index (χ4n) is 0.729. The van der Waals surface area contributed by atoms with E-state index in [0.717, 1.165) is 13.0 Å². The molecule has 0 rings (SSSR count). The molecule has 0 radical (unpaired) electrons. The molecule has 0 bridgehead atoms. The van der Waals surface area contributed by atoms with Crippen molar-refractivity contribution in [3.8, 4) is 12.3 Å². The molecule has 0 aromatic heterocycles. The molecule has 0 amide bonds. The van der Waals surface area contributed by atoms with E-state index in [1.807, 2.05) is 0 Å². The van der Waals surface area contributed by atoms with Crippen LogP contribution in [-0.2, 0) is 0 Å². The molecule has 0 saturated heterocycles. The van der Waals surface area contributed by atoms with E-state index in [0.29, 0.717) is 11.5 Å². The Kier molecular flexibility index (Phi) is 4.22. The first kappa shape index (κ1) is 10.5. The van der Waals surface area contributed by atoms with Gasteiger partial charge in [0.25, 0.3) is 0 Å². The van der Waals surface area contributed by atoms with Gasteiger partial charge in [0.1, 0.15) is 0 Å². The van der Waals surface area contributed by atoms with Crippen molar-refractivity contribution in [1.29, 1.82) is 0 Å². The van der Waals surface area contributed by atoms with Crippen molar-refractivity contribution in [1.82, 2.24) is 5.32 Å². The molecular weight excluding hydrogens is 134 g/mol. The maximum absolute atomic E-state index is 5.18. The quantitative estimate of drug-likeness (QED) is 0.612. The third-order valence-electron chi connectivity index (χ3n) is 1.40. The Labute approximate surface area is 70.6 Å². The topological polar surface area (TPSA) is 12.0 Å². The standard InChI is InChI=1S/C10H19N/c1-6-7-9(2)11-8-10(3,4)5/h1,9,11H,7-8H2,2-5H3. The Morgan fingerprint density at radius 2 is 2.00 bits per heavy atom. The third-order valence-corrected chi connectivity index (χ3v) is 1.40. The lowest BCUT2D eigenvalue weighted by molar-refractivity contribution is 0.358. The maximum Gasteiger partial charge on any atom is 0.0238 e. The van der Waals surface area contributed by atoms with E-state index in [1.165, 1.54) is 0 Å². The van der Waals surface area contributed by atoms with E-state index in [2.05, 4.69) is 38.9 Å². The summed E-state index contributed by atoms with van der Waals surface area (Å²) in [5.74, 6) is 2.64. The van der Waals surface area contributed by atoms with E-state index >= 15 is 0 Å². The van der Waals surface area contributed by atoms with Gasteiger partial charge in [-0.05, 0) is 12.3 Å². The zero-order valence-corrected chi connectivity index (χ0v) is 8.07. The molecule has 0 aliphatic rings. The second-order valence-electron chi connectivity index (χ2n) is 4.25. The van der Waals surface area contributed by atoms with Crippen LogP contribution in [-0.4, -0.2) is 12.6 Å². The minimum Gasteiger partial charge on any atom is -0.313 e. The van der Waals surface area contributed by atoms with Gasteiger partial charge >= 0.3 is 0 Å². The number of terminal acetylenes is 1. The van der Waals surface area contributed by atoms with Crippen LogP contribution in [0.2, 0.25) is 0 Å². The number of nitrogens with one attached hydrogen (secondary N) is 1. The van der Waals surface area contributed by atoms with E-state index < -0.39 is 0 Å². The molecule has 0 aliphatic carbocycles. The summed E-state index contributed by atoms with van der Waals surface area (Å²) in [5, 5.41) is 3.38. The van der Waals surface area contributed by atoms with Crippen molar-refractivity contribution in [2.24, 2.45) is 5.41 Å². The van der Waals surface area contributed by atoms with Gasteiger partial charge in [-0.3, -0.25) is 0 Å². The van der Waals surface area contributed by atoms with Crippen molar-refractivity contribution in [2.75, 3.05) is 6.54 Å². The molecule has 1 N–H and O–H groups in total. The molecule has 0 saturated carbocycles. The molecule has 0 spiro atoms. The lowest BCUT2D eigenvalue weighted by atomic mass is 9.96. The number of hydrogen-bond donors (Lipinski definition) is 1. The second kappa shape index (κ2) is 4.41. The van der Waals surface area contributed by atoms with Gasteiger partial charge in [0, 0.05) is 19.0 Å². The van der Waals surface area contributed by atoms with E-state index in [-0.39, 0.29) is 0 Å². The summed E-state index contributed by atoms with van der Waals surface area (Å²) in [6, 6.07) is 0.444. The molecule has 1 atom stereocenters. The smallest absolute Gasteiger partial charge is 0.0238 e. The highest BCUT2D eigenvalue weighted by Gasteiger charge is 2.10. The normalized spacial score (nSPS) is 14.1. The molecule has 64 valence electrons. The number of rotatable bonds is 3. The van der Waals surface area contributed by atoms with Crippen LogP contribution in [0.1, 0.15) is 34.1 Å². The van der Waals surface area contributed by atoms with Gasteiger partial charge in [-0.15, -0.1) is 12.3 Å². The Bertz CT molecular complexity index is 136. The minimum absolute atomic E-state index is 0.350. The Balaban J connectivity index is 3.48. The molecule has 1 unspecified atom stereocenters. The van der Waals surface area contributed by atoms with Crippen LogP contribution in [0.5, 0.6) is 0 Å². The molecule has 0 aromatic carbocycles. The summed E-state index contributed by atoms with van der Waals surface area (Å²) >= 11 is 0. The summed E-state index contributed by atoms with van der Waals surface area (Å²) in [5.41, 5.74) is 0.350. The fourth-order valence-corrected chi connectivity index (χ4v) is 0.729. The van der Waals surface area contributed by atoms with Crippen molar-refractivity contribution < 1.29 is 0 Å². The summed E-state index contributed by atoms with van der Waals surface area (Å²) < 4.78 is 0. The predicted octanol–water partition coefficient (Wildman–Crippen LogP) is 2.03. The highest BCUT2D eigenvalue weighted by molar-refractivity contribution is 4.88. The van der Waals surface area contributed by atoms with Gasteiger partial charge in [0.2, 0.25) is 0 Å². The summed E-state index contributed by atoms with van der Waals surface area (Å²) in [7, 11) is 0. The number of hydrogen-bond acceptors (Lipinski definition) is 1. The van der Waals surface area contributed by atoms with Crippen LogP contribution in [0.25, 0.3) is 0 Å². The van der Waals surface area contributed by atoms with Gasteiger partial charge in [-0.1, -0.05) is 20.8 Å². The SMILES string of the molecule is C#CCC(C)NCC(C)(C)C. The minimum atomic E-state index is 0.350. The second-order valence-corrected chi connectivity index (χ2v) is 4.25. The molecule has 1 heteroatoms. The van der Waals surface area contributed by atoms with Crippen molar-refractivity contribution in [3.63, 3.8) is 0 Å². The maximum atomic E-state index is 5.18. The van der Waals surface area contributed by atoms with Crippen molar-refractivity contribution >= 4 is 0 Å². The van der Waals surface area contributed by atoms with Crippen molar-refractivity contribution in [2.45, 2.75) is 40.2 Å². The van der Waals surface area contributed by atoms with Crippen LogP contribution < -0.4 is 5.32 Å². The summed E-state index contributed by atoms with van der Waals surface area (Å²) in [6.07, 6.45) is 5.99. The molecule has 11 heavy (non-hydrogen) atoms. The molecule has 0 fully saturated rings. The first-order chi connectivity index (χ1) is 4.95. The first-order valence-electron chi connectivity index (χ1n) is 4.12. The van der Waals surface area contributed by atoms with Gasteiger partial charge in [0.15, 0.2) is 0 Å². The predicted molar refractivity (Wildman–Crippen MR) is 50.4 cm³/mol. The average molecular weight is 153 g/mol. The first-order valence-corrected chi connectivity index (χ1v) is 4.12. The van der Waals surface area contributed by atoms with Gasteiger partial charge in [0.05, 0.1) is 0 Å². The Morgan fingerprint density at radius 1 is 1.45 bits per heavy atom. The molecule has 0 aliphatic heterocycles. The van der Waals surface area contributed by atoms with E-state index in [4.69, 9.17) is 6.42 Å².